The average molecular weight is 227 g/mol. The lowest BCUT2D eigenvalue weighted by Gasteiger charge is -2.08. The summed E-state index contributed by atoms with van der Waals surface area (Å²) in [6.45, 7) is 5.47. The van der Waals surface area contributed by atoms with Gasteiger partial charge in [0.05, 0.1) is 5.75 Å². The van der Waals surface area contributed by atoms with Gasteiger partial charge in [-0.2, -0.15) is 11.8 Å². The van der Waals surface area contributed by atoms with Crippen molar-refractivity contribution in [2.45, 2.75) is 26.0 Å². The van der Waals surface area contributed by atoms with Crippen LogP contribution in [0.2, 0.25) is 0 Å². The summed E-state index contributed by atoms with van der Waals surface area (Å²) in [6.07, 6.45) is 0.987. The minimum atomic E-state index is 0.723. The molecule has 0 saturated carbocycles. The van der Waals surface area contributed by atoms with Crippen molar-refractivity contribution >= 4 is 11.8 Å². The lowest BCUT2D eigenvalue weighted by atomic mass is 10.2. The van der Waals surface area contributed by atoms with Gasteiger partial charge >= 0.3 is 0 Å². The first-order valence-corrected chi connectivity index (χ1v) is 6.71. The van der Waals surface area contributed by atoms with E-state index in [4.69, 9.17) is 4.42 Å². The van der Waals surface area contributed by atoms with Crippen molar-refractivity contribution in [3.63, 3.8) is 0 Å². The van der Waals surface area contributed by atoms with Crippen LogP contribution in [0.3, 0.4) is 0 Å². The molecule has 1 heterocycles. The van der Waals surface area contributed by atoms with E-state index in [1.165, 1.54) is 5.75 Å². The van der Waals surface area contributed by atoms with Gasteiger partial charge in [0.1, 0.15) is 11.5 Å². The molecule has 1 aromatic rings. The van der Waals surface area contributed by atoms with E-state index in [1.54, 1.807) is 0 Å². The Balaban J connectivity index is 2.19. The van der Waals surface area contributed by atoms with Crippen molar-refractivity contribution in [3.8, 4) is 0 Å². The standard InChI is InChI=1S/C12H21NOS/c1-4-11-5-6-12(14-11)9-15-8-10(2)7-13-3/h5-6,10,13H,4,7-9H2,1-3H3. The summed E-state index contributed by atoms with van der Waals surface area (Å²) in [4.78, 5) is 0. The zero-order chi connectivity index (χ0) is 11.1. The van der Waals surface area contributed by atoms with E-state index in [9.17, 15) is 0 Å². The van der Waals surface area contributed by atoms with Crippen LogP contribution >= 0.6 is 11.8 Å². The average Bonchev–Trinajstić information content (AvgIpc) is 2.66. The molecule has 0 fully saturated rings. The molecule has 0 amide bonds. The van der Waals surface area contributed by atoms with Crippen LogP contribution in [0.15, 0.2) is 16.5 Å². The number of hydrogen-bond acceptors (Lipinski definition) is 3. The third-order valence-electron chi connectivity index (χ3n) is 2.27. The second-order valence-electron chi connectivity index (χ2n) is 3.90. The fourth-order valence-corrected chi connectivity index (χ4v) is 2.45. The summed E-state index contributed by atoms with van der Waals surface area (Å²) in [5, 5.41) is 3.19. The molecule has 0 aliphatic rings. The number of thioether (sulfide) groups is 1. The van der Waals surface area contributed by atoms with Crippen molar-refractivity contribution in [1.29, 1.82) is 0 Å². The quantitative estimate of drug-likeness (QED) is 0.775. The molecule has 1 aromatic heterocycles. The van der Waals surface area contributed by atoms with Crippen LogP contribution < -0.4 is 5.32 Å². The number of nitrogens with one attached hydrogen (secondary N) is 1. The Labute approximate surface area is 96.8 Å². The first kappa shape index (κ1) is 12.7. The summed E-state index contributed by atoms with van der Waals surface area (Å²) in [5.41, 5.74) is 0. The van der Waals surface area contributed by atoms with Crippen LogP contribution in [-0.4, -0.2) is 19.3 Å². The Bertz CT molecular complexity index is 272. The van der Waals surface area contributed by atoms with E-state index in [1.807, 2.05) is 18.8 Å². The lowest BCUT2D eigenvalue weighted by Crippen LogP contribution is -2.17. The second-order valence-corrected chi connectivity index (χ2v) is 4.93. The van der Waals surface area contributed by atoms with E-state index in [0.29, 0.717) is 0 Å². The molecule has 86 valence electrons. The van der Waals surface area contributed by atoms with Crippen molar-refractivity contribution < 1.29 is 4.42 Å². The van der Waals surface area contributed by atoms with Gasteiger partial charge in [0.2, 0.25) is 0 Å². The molecular formula is C12H21NOS. The van der Waals surface area contributed by atoms with Crippen LogP contribution in [0.1, 0.15) is 25.4 Å². The van der Waals surface area contributed by atoms with Crippen LogP contribution in [0.4, 0.5) is 0 Å². The SMILES string of the molecule is CCc1ccc(CSCC(C)CNC)o1. The maximum Gasteiger partial charge on any atom is 0.114 e. The largest absolute Gasteiger partial charge is 0.465 e. The van der Waals surface area contributed by atoms with Crippen LogP contribution in [0, 0.1) is 5.92 Å². The van der Waals surface area contributed by atoms with Gasteiger partial charge in [-0.05, 0) is 37.4 Å². The molecule has 3 heteroatoms. The molecule has 15 heavy (non-hydrogen) atoms. The highest BCUT2D eigenvalue weighted by Crippen LogP contribution is 2.17. The highest BCUT2D eigenvalue weighted by Gasteiger charge is 2.03. The predicted octanol–water partition coefficient (Wildman–Crippen LogP) is 2.93. The molecule has 0 aliphatic heterocycles. The van der Waals surface area contributed by atoms with Crippen LogP contribution in [0.5, 0.6) is 0 Å². The summed E-state index contributed by atoms with van der Waals surface area (Å²) in [6, 6.07) is 4.17. The smallest absolute Gasteiger partial charge is 0.114 e. The molecule has 1 N–H and O–H groups in total. The minimum Gasteiger partial charge on any atom is -0.465 e. The van der Waals surface area contributed by atoms with Crippen molar-refractivity contribution in [1.82, 2.24) is 5.32 Å². The highest BCUT2D eigenvalue weighted by atomic mass is 32.2. The van der Waals surface area contributed by atoms with Crippen LogP contribution in [0.25, 0.3) is 0 Å². The second kappa shape index (κ2) is 6.96. The van der Waals surface area contributed by atoms with Gasteiger partial charge in [-0.1, -0.05) is 13.8 Å². The van der Waals surface area contributed by atoms with Gasteiger partial charge in [0, 0.05) is 6.42 Å². The van der Waals surface area contributed by atoms with Crippen molar-refractivity contribution in [3.05, 3.63) is 23.7 Å². The topological polar surface area (TPSA) is 25.2 Å². The number of hydrogen-bond donors (Lipinski definition) is 1. The molecule has 1 atom stereocenters. The van der Waals surface area contributed by atoms with Gasteiger partial charge in [0.25, 0.3) is 0 Å². The molecule has 0 radical (unpaired) electrons. The number of rotatable bonds is 7. The van der Waals surface area contributed by atoms with Gasteiger partial charge < -0.3 is 9.73 Å². The molecule has 0 spiro atoms. The Kier molecular flexibility index (Phi) is 5.88. The highest BCUT2D eigenvalue weighted by molar-refractivity contribution is 7.98. The molecular weight excluding hydrogens is 206 g/mol. The summed E-state index contributed by atoms with van der Waals surface area (Å²) in [5.74, 6) is 5.10. The summed E-state index contributed by atoms with van der Waals surface area (Å²) in [7, 11) is 2.00. The summed E-state index contributed by atoms with van der Waals surface area (Å²) >= 11 is 1.94. The maximum absolute atomic E-state index is 5.64. The molecule has 0 aliphatic carbocycles. The monoisotopic (exact) mass is 227 g/mol. The van der Waals surface area contributed by atoms with E-state index in [0.717, 1.165) is 36.2 Å². The third kappa shape index (κ3) is 4.76. The normalized spacial score (nSPS) is 13.0. The summed E-state index contributed by atoms with van der Waals surface area (Å²) < 4.78 is 5.64. The molecule has 0 saturated heterocycles. The van der Waals surface area contributed by atoms with Crippen LogP contribution in [-0.2, 0) is 12.2 Å². The van der Waals surface area contributed by atoms with Gasteiger partial charge in [-0.15, -0.1) is 0 Å². The first-order valence-electron chi connectivity index (χ1n) is 5.56. The fourth-order valence-electron chi connectivity index (χ4n) is 1.46. The van der Waals surface area contributed by atoms with E-state index >= 15 is 0 Å². The first-order chi connectivity index (χ1) is 7.26. The van der Waals surface area contributed by atoms with Crippen molar-refractivity contribution in [2.75, 3.05) is 19.3 Å². The molecule has 2 nitrogen and oxygen atoms in total. The Morgan fingerprint density at radius 2 is 2.13 bits per heavy atom. The van der Waals surface area contributed by atoms with E-state index < -0.39 is 0 Å². The van der Waals surface area contributed by atoms with Gasteiger partial charge in [0.15, 0.2) is 0 Å². The van der Waals surface area contributed by atoms with Gasteiger partial charge in [-0.3, -0.25) is 0 Å². The number of aryl methyl sites for hydroxylation is 1. The third-order valence-corrected chi connectivity index (χ3v) is 3.56. The molecule has 0 aromatic carbocycles. The zero-order valence-electron chi connectivity index (χ0n) is 9.88. The number of furan rings is 1. The lowest BCUT2D eigenvalue weighted by molar-refractivity contribution is 0.485. The molecule has 1 unspecified atom stereocenters. The molecule has 0 bridgehead atoms. The van der Waals surface area contributed by atoms with Gasteiger partial charge in [-0.25, -0.2) is 0 Å². The van der Waals surface area contributed by atoms with E-state index in [-0.39, 0.29) is 0 Å². The Morgan fingerprint density at radius 1 is 1.40 bits per heavy atom. The van der Waals surface area contributed by atoms with Crippen molar-refractivity contribution in [2.24, 2.45) is 5.92 Å². The molecule has 1 rings (SSSR count). The minimum absolute atomic E-state index is 0.723. The Morgan fingerprint density at radius 3 is 2.73 bits per heavy atom. The maximum atomic E-state index is 5.64. The fraction of sp³-hybridized carbons (Fsp3) is 0.667. The predicted molar refractivity (Wildman–Crippen MR) is 67.3 cm³/mol. The Hall–Kier alpha value is -0.410. The zero-order valence-corrected chi connectivity index (χ0v) is 10.7. The van der Waals surface area contributed by atoms with E-state index in [2.05, 4.69) is 31.3 Å².